The zero-order valence-corrected chi connectivity index (χ0v) is 21.3. The molecule has 0 saturated heterocycles. The standard InChI is InChI=1S/C25H27FN6O3S/c1-5-35-24(34)17(3)32-16(2)20(30(32)4)9-8-19-15-36-25(28-19)29-23(33)21-7-6-12-31(21)14-18-10-11-27-22(26)13-18/h6-13,15,17H,5,14H2,1-4H3,(H,28,29,33)/b9-8+. The molecule has 9 nitrogen and oxygen atoms in total. The van der Waals surface area contributed by atoms with Gasteiger partial charge in [0.15, 0.2) is 5.13 Å². The summed E-state index contributed by atoms with van der Waals surface area (Å²) in [6, 6.07) is 6.10. The lowest BCUT2D eigenvalue weighted by molar-refractivity contribution is -0.147. The number of nitrogens with one attached hydrogen (secondary N) is 1. The Hall–Kier alpha value is -3.99. The molecule has 4 heterocycles. The van der Waals surface area contributed by atoms with E-state index < -0.39 is 12.0 Å². The molecule has 4 rings (SSSR count). The Morgan fingerprint density at radius 3 is 2.83 bits per heavy atom. The van der Waals surface area contributed by atoms with E-state index in [-0.39, 0.29) is 11.9 Å². The molecule has 0 bridgehead atoms. The first-order chi connectivity index (χ1) is 17.3. The van der Waals surface area contributed by atoms with Gasteiger partial charge in [-0.05, 0) is 62.8 Å². The average molecular weight is 511 g/mol. The van der Waals surface area contributed by atoms with Crippen molar-refractivity contribution < 1.29 is 18.7 Å². The molecule has 188 valence electrons. The predicted octanol–water partition coefficient (Wildman–Crippen LogP) is 4.52. The van der Waals surface area contributed by atoms with E-state index in [2.05, 4.69) is 15.3 Å². The third kappa shape index (κ3) is 5.30. The average Bonchev–Trinajstić information content (AvgIpc) is 3.49. The van der Waals surface area contributed by atoms with Crippen molar-refractivity contribution in [3.8, 4) is 0 Å². The summed E-state index contributed by atoms with van der Waals surface area (Å²) < 4.78 is 24.0. The van der Waals surface area contributed by atoms with Gasteiger partial charge in [0.1, 0.15) is 11.7 Å². The summed E-state index contributed by atoms with van der Waals surface area (Å²) in [7, 11) is 1.88. The predicted molar refractivity (Wildman–Crippen MR) is 136 cm³/mol. The van der Waals surface area contributed by atoms with Crippen molar-refractivity contribution in [2.24, 2.45) is 7.05 Å². The van der Waals surface area contributed by atoms with E-state index in [9.17, 15) is 14.0 Å². The molecule has 0 spiro atoms. The van der Waals surface area contributed by atoms with E-state index in [0.717, 1.165) is 11.4 Å². The summed E-state index contributed by atoms with van der Waals surface area (Å²) in [5.74, 6) is -1.14. The largest absolute Gasteiger partial charge is 0.464 e. The Morgan fingerprint density at radius 2 is 2.11 bits per heavy atom. The van der Waals surface area contributed by atoms with E-state index in [1.54, 1.807) is 42.8 Å². The molecule has 0 fully saturated rings. The van der Waals surface area contributed by atoms with Crippen LogP contribution in [0.15, 0.2) is 42.0 Å². The smallest absolute Gasteiger partial charge is 0.330 e. The SMILES string of the molecule is CCOC(=O)C(C)n1c(C)c(/C=C/c2csc(NC(=O)c3cccn3Cc3ccnc(F)c3)n2)n1C. The minimum absolute atomic E-state index is 0.273. The first kappa shape index (κ1) is 25.1. The van der Waals surface area contributed by atoms with Crippen molar-refractivity contribution in [2.45, 2.75) is 33.4 Å². The zero-order chi connectivity index (χ0) is 25.8. The van der Waals surface area contributed by atoms with Gasteiger partial charge in [0.05, 0.1) is 23.7 Å². The normalized spacial score (nSPS) is 12.2. The summed E-state index contributed by atoms with van der Waals surface area (Å²) in [6.45, 7) is 6.22. The molecule has 0 saturated carbocycles. The number of ether oxygens (including phenoxy) is 1. The van der Waals surface area contributed by atoms with Crippen LogP contribution in [-0.4, -0.2) is 42.4 Å². The second-order valence-corrected chi connectivity index (χ2v) is 9.00. The number of thiazole rings is 1. The summed E-state index contributed by atoms with van der Waals surface area (Å²) in [6.07, 6.45) is 6.94. The fraction of sp³-hybridized carbons (Fsp3) is 0.280. The van der Waals surface area contributed by atoms with Crippen molar-refractivity contribution in [2.75, 3.05) is 11.9 Å². The van der Waals surface area contributed by atoms with E-state index in [1.807, 2.05) is 40.9 Å². The maximum absolute atomic E-state index is 13.4. The van der Waals surface area contributed by atoms with Crippen molar-refractivity contribution in [1.29, 1.82) is 0 Å². The highest BCUT2D eigenvalue weighted by molar-refractivity contribution is 7.14. The molecule has 11 heteroatoms. The summed E-state index contributed by atoms with van der Waals surface area (Å²) in [4.78, 5) is 32.9. The molecule has 4 aromatic rings. The number of pyridine rings is 1. The van der Waals surface area contributed by atoms with Gasteiger partial charge >= 0.3 is 5.97 Å². The molecular formula is C25H27FN6O3S. The Balaban J connectivity index is 1.41. The second kappa shape index (κ2) is 10.7. The zero-order valence-electron chi connectivity index (χ0n) is 20.4. The molecule has 4 aromatic heterocycles. The molecule has 0 aliphatic rings. The van der Waals surface area contributed by atoms with Crippen LogP contribution in [0.3, 0.4) is 0 Å². The first-order valence-electron chi connectivity index (χ1n) is 11.4. The highest BCUT2D eigenvalue weighted by Crippen LogP contribution is 2.23. The topological polar surface area (TPSA) is 96.0 Å². The number of carbonyl (C=O) groups is 2. The summed E-state index contributed by atoms with van der Waals surface area (Å²) >= 11 is 1.32. The highest BCUT2D eigenvalue weighted by atomic mass is 32.1. The van der Waals surface area contributed by atoms with Crippen molar-refractivity contribution in [3.63, 3.8) is 0 Å². The summed E-state index contributed by atoms with van der Waals surface area (Å²) in [5, 5.41) is 5.14. The maximum atomic E-state index is 13.4. The summed E-state index contributed by atoms with van der Waals surface area (Å²) in [5.41, 5.74) is 3.74. The van der Waals surface area contributed by atoms with Gasteiger partial charge in [-0.3, -0.25) is 19.5 Å². The lowest BCUT2D eigenvalue weighted by Gasteiger charge is -2.30. The van der Waals surface area contributed by atoms with Gasteiger partial charge in [-0.1, -0.05) is 0 Å². The van der Waals surface area contributed by atoms with Crippen LogP contribution in [0.2, 0.25) is 0 Å². The number of nitrogens with zero attached hydrogens (tertiary/aromatic N) is 5. The molecule has 36 heavy (non-hydrogen) atoms. The number of hydrogen-bond donors (Lipinski definition) is 1. The Kier molecular flexibility index (Phi) is 7.49. The fourth-order valence-electron chi connectivity index (χ4n) is 4.03. The molecule has 1 amide bonds. The van der Waals surface area contributed by atoms with E-state index in [1.165, 1.54) is 23.6 Å². The van der Waals surface area contributed by atoms with Crippen LogP contribution in [0.1, 0.15) is 53.0 Å². The van der Waals surface area contributed by atoms with Crippen LogP contribution >= 0.6 is 11.3 Å². The van der Waals surface area contributed by atoms with Crippen LogP contribution in [0.4, 0.5) is 9.52 Å². The molecule has 0 aliphatic carbocycles. The Labute approximate surface area is 211 Å². The molecule has 0 radical (unpaired) electrons. The van der Waals surface area contributed by atoms with Gasteiger partial charge < -0.3 is 9.30 Å². The Morgan fingerprint density at radius 1 is 1.31 bits per heavy atom. The molecule has 0 aromatic carbocycles. The lowest BCUT2D eigenvalue weighted by Crippen LogP contribution is -2.33. The van der Waals surface area contributed by atoms with Crippen LogP contribution in [0.25, 0.3) is 12.2 Å². The number of hydrogen-bond acceptors (Lipinski definition) is 6. The van der Waals surface area contributed by atoms with Crippen molar-refractivity contribution >= 4 is 40.5 Å². The number of esters is 1. The molecule has 0 aliphatic heterocycles. The minimum atomic E-state index is -0.561. The van der Waals surface area contributed by atoms with Gasteiger partial charge in [-0.25, -0.2) is 14.8 Å². The van der Waals surface area contributed by atoms with Crippen molar-refractivity contribution in [1.82, 2.24) is 23.9 Å². The molecule has 1 N–H and O–H groups in total. The lowest BCUT2D eigenvalue weighted by atomic mass is 10.2. The fourth-order valence-corrected chi connectivity index (χ4v) is 4.70. The van der Waals surface area contributed by atoms with Gasteiger partial charge in [0, 0.05) is 31.4 Å². The van der Waals surface area contributed by atoms with Gasteiger partial charge in [-0.15, -0.1) is 11.3 Å². The van der Waals surface area contributed by atoms with Crippen LogP contribution in [0, 0.1) is 12.9 Å². The second-order valence-electron chi connectivity index (χ2n) is 8.14. The van der Waals surface area contributed by atoms with Gasteiger partial charge in [0.25, 0.3) is 5.91 Å². The number of anilines is 1. The van der Waals surface area contributed by atoms with E-state index in [0.29, 0.717) is 35.2 Å². The number of carbonyl (C=O) groups excluding carboxylic acids is 2. The third-order valence-electron chi connectivity index (χ3n) is 5.74. The number of halogens is 1. The first-order valence-corrected chi connectivity index (χ1v) is 12.3. The van der Waals surface area contributed by atoms with Gasteiger partial charge in [-0.2, -0.15) is 4.39 Å². The number of rotatable bonds is 9. The molecular weight excluding hydrogens is 483 g/mol. The van der Waals surface area contributed by atoms with E-state index in [4.69, 9.17) is 4.74 Å². The maximum Gasteiger partial charge on any atom is 0.330 e. The van der Waals surface area contributed by atoms with Crippen LogP contribution in [0.5, 0.6) is 0 Å². The third-order valence-corrected chi connectivity index (χ3v) is 6.52. The van der Waals surface area contributed by atoms with Crippen LogP contribution < -0.4 is 5.32 Å². The van der Waals surface area contributed by atoms with E-state index >= 15 is 0 Å². The van der Waals surface area contributed by atoms with Crippen molar-refractivity contribution in [3.05, 3.63) is 76.3 Å². The highest BCUT2D eigenvalue weighted by Gasteiger charge is 2.24. The molecule has 1 unspecified atom stereocenters. The Bertz CT molecular complexity index is 1390. The number of aromatic nitrogens is 5. The molecule has 1 atom stereocenters. The van der Waals surface area contributed by atoms with Crippen LogP contribution in [-0.2, 0) is 23.1 Å². The minimum Gasteiger partial charge on any atom is -0.464 e. The monoisotopic (exact) mass is 510 g/mol. The number of amides is 1. The van der Waals surface area contributed by atoms with Gasteiger partial charge in [0.2, 0.25) is 5.95 Å². The quantitative estimate of drug-likeness (QED) is 0.264.